The molecular weight excluding hydrogens is 340 g/mol. The molecule has 144 valence electrons. The van der Waals surface area contributed by atoms with Gasteiger partial charge in [0.2, 0.25) is 0 Å². The first-order chi connectivity index (χ1) is 13.1. The van der Waals surface area contributed by atoms with E-state index in [-0.39, 0.29) is 5.91 Å². The van der Waals surface area contributed by atoms with Crippen LogP contribution in [-0.2, 0) is 0 Å². The number of piperazine rings is 1. The fourth-order valence-electron chi connectivity index (χ4n) is 3.19. The highest BCUT2D eigenvalue weighted by atomic mass is 16.5. The second-order valence-electron chi connectivity index (χ2n) is 7.15. The van der Waals surface area contributed by atoms with E-state index in [1.165, 1.54) is 0 Å². The summed E-state index contributed by atoms with van der Waals surface area (Å²) in [6.45, 7) is 8.43. The predicted molar refractivity (Wildman–Crippen MR) is 109 cm³/mol. The van der Waals surface area contributed by atoms with Crippen LogP contribution in [0.3, 0.4) is 0 Å². The van der Waals surface area contributed by atoms with Crippen molar-refractivity contribution in [1.82, 2.24) is 10.3 Å². The molecule has 2 aromatic rings. The third-order valence-corrected chi connectivity index (χ3v) is 4.72. The molecule has 0 radical (unpaired) electrons. The molecule has 0 aliphatic carbocycles. The number of para-hydroxylation sites is 2. The average molecular weight is 368 g/mol. The number of hydrogen-bond donors (Lipinski definition) is 1. The number of anilines is 2. The lowest BCUT2D eigenvalue weighted by Crippen LogP contribution is -2.46. The van der Waals surface area contributed by atoms with Crippen molar-refractivity contribution in [3.05, 3.63) is 48.3 Å². The number of ether oxygens (including phenoxy) is 1. The van der Waals surface area contributed by atoms with E-state index < -0.39 is 0 Å². The second-order valence-corrected chi connectivity index (χ2v) is 7.15. The van der Waals surface area contributed by atoms with Gasteiger partial charge in [0, 0.05) is 32.7 Å². The van der Waals surface area contributed by atoms with Gasteiger partial charge in [-0.1, -0.05) is 26.0 Å². The zero-order valence-corrected chi connectivity index (χ0v) is 16.3. The molecule has 0 atom stereocenters. The highest BCUT2D eigenvalue weighted by Crippen LogP contribution is 2.29. The van der Waals surface area contributed by atoms with Crippen LogP contribution >= 0.6 is 0 Å². The Morgan fingerprint density at radius 1 is 1.11 bits per heavy atom. The molecule has 0 saturated carbocycles. The first-order valence-corrected chi connectivity index (χ1v) is 9.45. The topological polar surface area (TPSA) is 57.7 Å². The number of aromatic nitrogens is 1. The van der Waals surface area contributed by atoms with Gasteiger partial charge in [-0.15, -0.1) is 0 Å². The van der Waals surface area contributed by atoms with Crippen molar-refractivity contribution in [1.29, 1.82) is 0 Å². The molecule has 1 fully saturated rings. The van der Waals surface area contributed by atoms with Gasteiger partial charge < -0.3 is 19.9 Å². The average Bonchev–Trinajstić information content (AvgIpc) is 2.72. The minimum atomic E-state index is -0.115. The molecule has 1 aromatic carbocycles. The summed E-state index contributed by atoms with van der Waals surface area (Å²) in [5.41, 5.74) is 2.65. The normalized spacial score (nSPS) is 14.4. The van der Waals surface area contributed by atoms with E-state index in [2.05, 4.69) is 40.0 Å². The Morgan fingerprint density at radius 3 is 2.44 bits per heavy atom. The molecular formula is C21H28N4O2. The molecule has 0 unspecified atom stereocenters. The van der Waals surface area contributed by atoms with Crippen molar-refractivity contribution < 1.29 is 9.53 Å². The van der Waals surface area contributed by atoms with Crippen LogP contribution in [0.5, 0.6) is 5.75 Å². The Balaban J connectivity index is 1.59. The molecule has 0 spiro atoms. The van der Waals surface area contributed by atoms with Crippen LogP contribution in [-0.4, -0.2) is 50.7 Å². The first-order valence-electron chi connectivity index (χ1n) is 9.45. The first kappa shape index (κ1) is 19.0. The molecule has 27 heavy (non-hydrogen) atoms. The van der Waals surface area contributed by atoms with Gasteiger partial charge in [0.05, 0.1) is 24.7 Å². The summed E-state index contributed by atoms with van der Waals surface area (Å²) in [6.07, 6.45) is 1.79. The number of methoxy groups -OCH3 is 1. The zero-order chi connectivity index (χ0) is 19.2. The number of rotatable bonds is 6. The molecule has 6 nitrogen and oxygen atoms in total. The van der Waals surface area contributed by atoms with E-state index in [9.17, 15) is 4.79 Å². The maximum absolute atomic E-state index is 12.1. The van der Waals surface area contributed by atoms with Crippen LogP contribution in [0.2, 0.25) is 0 Å². The Hall–Kier alpha value is -2.76. The molecule has 1 aliphatic rings. The lowest BCUT2D eigenvalue weighted by molar-refractivity contribution is 0.0944. The van der Waals surface area contributed by atoms with Gasteiger partial charge in [0.1, 0.15) is 11.4 Å². The standard InChI is InChI=1S/C21H28N4O2/c1-16(2)14-23-21(26)18-9-8-17(15-22-18)24-10-12-25(13-11-24)19-6-4-5-7-20(19)27-3/h4-9,15-16H,10-14H2,1-3H3,(H,23,26). The van der Waals surface area contributed by atoms with E-state index in [1.807, 2.05) is 24.3 Å². The zero-order valence-electron chi connectivity index (χ0n) is 16.3. The Morgan fingerprint density at radius 2 is 1.81 bits per heavy atom. The van der Waals surface area contributed by atoms with Gasteiger partial charge >= 0.3 is 0 Å². The van der Waals surface area contributed by atoms with E-state index in [0.717, 1.165) is 43.3 Å². The molecule has 3 rings (SSSR count). The van der Waals surface area contributed by atoms with Crippen LogP contribution in [0.1, 0.15) is 24.3 Å². The summed E-state index contributed by atoms with van der Waals surface area (Å²) in [5.74, 6) is 1.22. The van der Waals surface area contributed by atoms with E-state index in [1.54, 1.807) is 19.4 Å². The second kappa shape index (κ2) is 8.75. The summed E-state index contributed by atoms with van der Waals surface area (Å²) in [6, 6.07) is 11.9. The number of nitrogens with one attached hydrogen (secondary N) is 1. The predicted octanol–water partition coefficient (Wildman–Crippen LogP) is 2.80. The van der Waals surface area contributed by atoms with Crippen LogP contribution in [0.25, 0.3) is 0 Å². The molecule has 2 heterocycles. The van der Waals surface area contributed by atoms with Gasteiger partial charge in [0.15, 0.2) is 0 Å². The maximum atomic E-state index is 12.1. The van der Waals surface area contributed by atoms with Crippen molar-refractivity contribution in [2.24, 2.45) is 5.92 Å². The van der Waals surface area contributed by atoms with Crippen LogP contribution in [0.15, 0.2) is 42.6 Å². The number of amides is 1. The van der Waals surface area contributed by atoms with Crippen molar-refractivity contribution >= 4 is 17.3 Å². The molecule has 6 heteroatoms. The summed E-state index contributed by atoms with van der Waals surface area (Å²) < 4.78 is 5.48. The van der Waals surface area contributed by atoms with Crippen molar-refractivity contribution in [3.63, 3.8) is 0 Å². The van der Waals surface area contributed by atoms with Crippen molar-refractivity contribution in [2.45, 2.75) is 13.8 Å². The third kappa shape index (κ3) is 4.70. The fourth-order valence-corrected chi connectivity index (χ4v) is 3.19. The lowest BCUT2D eigenvalue weighted by Gasteiger charge is -2.37. The number of carbonyl (C=O) groups excluding carboxylic acids is 1. The highest BCUT2D eigenvalue weighted by molar-refractivity contribution is 5.92. The minimum absolute atomic E-state index is 0.115. The largest absolute Gasteiger partial charge is 0.495 e. The Labute approximate surface area is 161 Å². The van der Waals surface area contributed by atoms with E-state index >= 15 is 0 Å². The minimum Gasteiger partial charge on any atom is -0.495 e. The number of nitrogens with zero attached hydrogens (tertiary/aromatic N) is 3. The van der Waals surface area contributed by atoms with Gasteiger partial charge in [-0.25, -0.2) is 4.98 Å². The Bertz CT molecular complexity index is 753. The number of hydrogen-bond acceptors (Lipinski definition) is 5. The monoisotopic (exact) mass is 368 g/mol. The molecule has 1 N–H and O–H groups in total. The SMILES string of the molecule is COc1ccccc1N1CCN(c2ccc(C(=O)NCC(C)C)nc2)CC1. The maximum Gasteiger partial charge on any atom is 0.269 e. The summed E-state index contributed by atoms with van der Waals surface area (Å²) in [5, 5.41) is 2.90. The third-order valence-electron chi connectivity index (χ3n) is 4.72. The van der Waals surface area contributed by atoms with Crippen LogP contribution in [0.4, 0.5) is 11.4 Å². The van der Waals surface area contributed by atoms with E-state index in [4.69, 9.17) is 4.74 Å². The van der Waals surface area contributed by atoms with Gasteiger partial charge in [-0.3, -0.25) is 4.79 Å². The number of benzene rings is 1. The quantitative estimate of drug-likeness (QED) is 0.850. The van der Waals surface area contributed by atoms with E-state index in [0.29, 0.717) is 18.2 Å². The van der Waals surface area contributed by atoms with Crippen molar-refractivity contribution in [3.8, 4) is 5.75 Å². The highest BCUT2D eigenvalue weighted by Gasteiger charge is 2.20. The fraction of sp³-hybridized carbons (Fsp3) is 0.429. The molecule has 1 saturated heterocycles. The number of pyridine rings is 1. The molecule has 1 amide bonds. The lowest BCUT2D eigenvalue weighted by atomic mass is 10.2. The van der Waals surface area contributed by atoms with Crippen molar-refractivity contribution in [2.75, 3.05) is 49.6 Å². The van der Waals surface area contributed by atoms with Gasteiger partial charge in [-0.05, 0) is 30.2 Å². The van der Waals surface area contributed by atoms with Gasteiger partial charge in [0.25, 0.3) is 5.91 Å². The molecule has 0 bridgehead atoms. The number of carbonyl (C=O) groups is 1. The summed E-state index contributed by atoms with van der Waals surface area (Å²) >= 11 is 0. The van der Waals surface area contributed by atoms with Crippen LogP contribution in [0, 0.1) is 5.92 Å². The molecule has 1 aromatic heterocycles. The smallest absolute Gasteiger partial charge is 0.269 e. The summed E-state index contributed by atoms with van der Waals surface area (Å²) in [4.78, 5) is 21.1. The Kier molecular flexibility index (Phi) is 6.16. The molecule has 1 aliphatic heterocycles. The van der Waals surface area contributed by atoms with Gasteiger partial charge in [-0.2, -0.15) is 0 Å². The van der Waals surface area contributed by atoms with Crippen LogP contribution < -0.4 is 19.9 Å². The summed E-state index contributed by atoms with van der Waals surface area (Å²) in [7, 11) is 1.71.